The molecule has 1 fully saturated rings. The number of hydrogen-bond donors (Lipinski definition) is 1. The molecular weight excluding hydrogens is 374 g/mol. The number of rotatable bonds is 6. The third-order valence-electron chi connectivity index (χ3n) is 5.63. The van der Waals surface area contributed by atoms with Crippen LogP contribution in [0.5, 0.6) is 0 Å². The van der Waals surface area contributed by atoms with Crippen LogP contribution >= 0.6 is 0 Å². The highest BCUT2D eigenvalue weighted by atomic mass is 16.4. The molecule has 3 aromatic rings. The van der Waals surface area contributed by atoms with Crippen LogP contribution in [0, 0.1) is 12.8 Å². The molecule has 1 amide bonds. The van der Waals surface area contributed by atoms with Crippen LogP contribution in [0.3, 0.4) is 0 Å². The number of nitrogens with zero attached hydrogens (tertiary/aromatic N) is 2. The predicted molar refractivity (Wildman–Crippen MR) is 119 cm³/mol. The Kier molecular flexibility index (Phi) is 6.29. The first kappa shape index (κ1) is 20.4. The number of amides is 1. The molecule has 0 spiro atoms. The number of likely N-dealkylation sites (tertiary alicyclic amines) is 1. The number of carbonyl (C=O) groups excluding carboxylic acids is 1. The monoisotopic (exact) mass is 403 g/mol. The summed E-state index contributed by atoms with van der Waals surface area (Å²) in [5.41, 5.74) is 3.66. The second-order valence-electron chi connectivity index (χ2n) is 8.29. The van der Waals surface area contributed by atoms with Gasteiger partial charge < -0.3 is 9.73 Å². The van der Waals surface area contributed by atoms with Crippen molar-refractivity contribution >= 4 is 11.6 Å². The quantitative estimate of drug-likeness (QED) is 0.625. The summed E-state index contributed by atoms with van der Waals surface area (Å²) in [6.07, 6.45) is 2.80. The van der Waals surface area contributed by atoms with Gasteiger partial charge in [-0.15, -0.1) is 0 Å². The van der Waals surface area contributed by atoms with E-state index in [9.17, 15) is 4.79 Å². The summed E-state index contributed by atoms with van der Waals surface area (Å²) in [6, 6.07) is 17.9. The fourth-order valence-electron chi connectivity index (χ4n) is 4.04. The fourth-order valence-corrected chi connectivity index (χ4v) is 4.04. The molecule has 2 aromatic carbocycles. The topological polar surface area (TPSA) is 58.4 Å². The van der Waals surface area contributed by atoms with Crippen molar-refractivity contribution in [1.82, 2.24) is 9.88 Å². The van der Waals surface area contributed by atoms with Crippen LogP contribution < -0.4 is 5.32 Å². The van der Waals surface area contributed by atoms with Crippen LogP contribution in [-0.2, 0) is 17.8 Å². The van der Waals surface area contributed by atoms with Crippen LogP contribution in [0.1, 0.15) is 36.8 Å². The third kappa shape index (κ3) is 5.16. The van der Waals surface area contributed by atoms with Crippen LogP contribution in [0.15, 0.2) is 59.0 Å². The molecule has 1 saturated heterocycles. The van der Waals surface area contributed by atoms with Crippen LogP contribution in [0.25, 0.3) is 11.5 Å². The maximum atomic E-state index is 12.5. The van der Waals surface area contributed by atoms with E-state index in [2.05, 4.69) is 34.3 Å². The van der Waals surface area contributed by atoms with Gasteiger partial charge in [0, 0.05) is 24.3 Å². The lowest BCUT2D eigenvalue weighted by atomic mass is 10.00. The van der Waals surface area contributed by atoms with Crippen LogP contribution in [0.2, 0.25) is 0 Å². The minimum absolute atomic E-state index is 0.0939. The molecule has 4 rings (SSSR count). The lowest BCUT2D eigenvalue weighted by Gasteiger charge is -2.30. The molecule has 5 heteroatoms. The Morgan fingerprint density at radius 3 is 2.67 bits per heavy atom. The van der Waals surface area contributed by atoms with Gasteiger partial charge in [0.2, 0.25) is 11.8 Å². The maximum absolute atomic E-state index is 12.5. The first-order valence-corrected chi connectivity index (χ1v) is 10.7. The van der Waals surface area contributed by atoms with Gasteiger partial charge in [-0.05, 0) is 62.1 Å². The number of nitrogens with one attached hydrogen (secondary N) is 1. The van der Waals surface area contributed by atoms with E-state index < -0.39 is 0 Å². The number of hydrogen-bond acceptors (Lipinski definition) is 4. The zero-order valence-corrected chi connectivity index (χ0v) is 17.7. The van der Waals surface area contributed by atoms with Crippen molar-refractivity contribution in [1.29, 1.82) is 0 Å². The van der Waals surface area contributed by atoms with Gasteiger partial charge in [-0.25, -0.2) is 4.98 Å². The zero-order valence-electron chi connectivity index (χ0n) is 17.7. The average Bonchev–Trinajstić information content (AvgIpc) is 3.10. The Bertz CT molecular complexity index is 979. The molecule has 30 heavy (non-hydrogen) atoms. The highest BCUT2D eigenvalue weighted by molar-refractivity contribution is 5.92. The Hall–Kier alpha value is -2.92. The number of anilines is 1. The Balaban J connectivity index is 1.33. The van der Waals surface area contributed by atoms with Crippen LogP contribution in [-0.4, -0.2) is 28.9 Å². The first-order valence-electron chi connectivity index (χ1n) is 10.7. The fraction of sp³-hybridized carbons (Fsp3) is 0.360. The standard InChI is InChI=1S/C25H29N3O2/c1-18-7-6-14-28(16-18)17-20-10-12-22(13-11-20)26-24(29)15-23-19(2)30-25(27-23)21-8-4-3-5-9-21/h3-5,8-13,18H,6-7,14-17H2,1-2H3,(H,26,29)/t18-/m1/s1. The van der Waals surface area contributed by atoms with E-state index in [1.165, 1.54) is 31.5 Å². The summed E-state index contributed by atoms with van der Waals surface area (Å²) in [5, 5.41) is 2.97. The number of benzene rings is 2. The normalized spacial score (nSPS) is 17.1. The maximum Gasteiger partial charge on any atom is 0.230 e. The van der Waals surface area contributed by atoms with Crippen molar-refractivity contribution < 1.29 is 9.21 Å². The second-order valence-corrected chi connectivity index (χ2v) is 8.29. The summed E-state index contributed by atoms with van der Waals surface area (Å²) in [4.78, 5) is 19.5. The van der Waals surface area contributed by atoms with E-state index in [1.807, 2.05) is 49.4 Å². The molecule has 0 bridgehead atoms. The number of carbonyl (C=O) groups is 1. The number of oxazole rings is 1. The smallest absolute Gasteiger partial charge is 0.230 e. The molecule has 0 unspecified atom stereocenters. The summed E-state index contributed by atoms with van der Waals surface area (Å²) in [6.45, 7) is 7.48. The average molecular weight is 404 g/mol. The van der Waals surface area contributed by atoms with Crippen molar-refractivity contribution in [2.24, 2.45) is 5.92 Å². The molecule has 1 aliphatic rings. The van der Waals surface area contributed by atoms with Crippen molar-refractivity contribution in [3.63, 3.8) is 0 Å². The summed E-state index contributed by atoms with van der Waals surface area (Å²) < 4.78 is 5.75. The highest BCUT2D eigenvalue weighted by Crippen LogP contribution is 2.22. The summed E-state index contributed by atoms with van der Waals surface area (Å²) in [7, 11) is 0. The number of aromatic nitrogens is 1. The van der Waals surface area contributed by atoms with Crippen molar-refractivity contribution in [2.45, 2.75) is 39.7 Å². The molecular formula is C25H29N3O2. The van der Waals surface area contributed by atoms with E-state index in [4.69, 9.17) is 4.42 Å². The van der Waals surface area contributed by atoms with E-state index in [0.29, 0.717) is 17.3 Å². The van der Waals surface area contributed by atoms with Crippen molar-refractivity contribution in [3.05, 3.63) is 71.6 Å². The Labute approximate surface area is 178 Å². The van der Waals surface area contributed by atoms with E-state index in [0.717, 1.165) is 23.7 Å². The second kappa shape index (κ2) is 9.26. The molecule has 1 aromatic heterocycles. The summed E-state index contributed by atoms with van der Waals surface area (Å²) in [5.74, 6) is 1.91. The van der Waals surface area contributed by atoms with Crippen molar-refractivity contribution in [3.8, 4) is 11.5 Å². The molecule has 0 saturated carbocycles. The van der Waals surface area contributed by atoms with Gasteiger partial charge in [-0.1, -0.05) is 37.3 Å². The van der Waals surface area contributed by atoms with Gasteiger partial charge in [-0.2, -0.15) is 0 Å². The van der Waals surface area contributed by atoms with Gasteiger partial charge in [0.05, 0.1) is 12.1 Å². The third-order valence-corrected chi connectivity index (χ3v) is 5.63. The van der Waals surface area contributed by atoms with Gasteiger partial charge in [-0.3, -0.25) is 9.69 Å². The Morgan fingerprint density at radius 2 is 1.93 bits per heavy atom. The predicted octanol–water partition coefficient (Wildman–Crippen LogP) is 5.06. The van der Waals surface area contributed by atoms with Gasteiger partial charge in [0.25, 0.3) is 0 Å². The summed E-state index contributed by atoms with van der Waals surface area (Å²) >= 11 is 0. The molecule has 1 N–H and O–H groups in total. The van der Waals surface area contributed by atoms with E-state index >= 15 is 0 Å². The first-order chi connectivity index (χ1) is 14.6. The lowest BCUT2D eigenvalue weighted by Crippen LogP contribution is -2.33. The SMILES string of the molecule is Cc1oc(-c2ccccc2)nc1CC(=O)Nc1ccc(CN2CCC[C@@H](C)C2)cc1. The molecule has 156 valence electrons. The highest BCUT2D eigenvalue weighted by Gasteiger charge is 2.17. The minimum Gasteiger partial charge on any atom is -0.441 e. The number of aryl methyl sites for hydroxylation is 1. The molecule has 0 aliphatic carbocycles. The number of piperidine rings is 1. The molecule has 5 nitrogen and oxygen atoms in total. The molecule has 1 atom stereocenters. The minimum atomic E-state index is -0.0939. The van der Waals surface area contributed by atoms with Gasteiger partial charge in [0.1, 0.15) is 5.76 Å². The van der Waals surface area contributed by atoms with Gasteiger partial charge >= 0.3 is 0 Å². The zero-order chi connectivity index (χ0) is 20.9. The molecule has 2 heterocycles. The largest absolute Gasteiger partial charge is 0.441 e. The van der Waals surface area contributed by atoms with Gasteiger partial charge in [0.15, 0.2) is 0 Å². The lowest BCUT2D eigenvalue weighted by molar-refractivity contribution is -0.115. The van der Waals surface area contributed by atoms with Crippen molar-refractivity contribution in [2.75, 3.05) is 18.4 Å². The molecule has 1 aliphatic heterocycles. The Morgan fingerprint density at radius 1 is 1.17 bits per heavy atom. The van der Waals surface area contributed by atoms with E-state index in [-0.39, 0.29) is 12.3 Å². The van der Waals surface area contributed by atoms with E-state index in [1.54, 1.807) is 0 Å². The van der Waals surface area contributed by atoms with Crippen LogP contribution in [0.4, 0.5) is 5.69 Å². The molecule has 0 radical (unpaired) electrons.